The fraction of sp³-hybridized carbons (Fsp3) is 0.333. The lowest BCUT2D eigenvalue weighted by Gasteiger charge is -2.18. The number of hydrogen-bond acceptors (Lipinski definition) is 3. The molecule has 2 rings (SSSR count). The first-order valence-electron chi connectivity index (χ1n) is 9.08. The minimum atomic E-state index is -0.335. The SMILES string of the molecule is CCc1ccc(C(=O)NNC(=O)c2ccc(CN(CC)CC)cc2)cc1. The molecule has 2 aromatic rings. The Bertz CT molecular complexity index is 720. The zero-order chi connectivity index (χ0) is 18.9. The fourth-order valence-electron chi connectivity index (χ4n) is 2.62. The number of carbonyl (C=O) groups is 2. The predicted octanol–water partition coefficient (Wildman–Crippen LogP) is 3.17. The minimum absolute atomic E-state index is 0.334. The topological polar surface area (TPSA) is 61.4 Å². The van der Waals surface area contributed by atoms with Gasteiger partial charge in [0.2, 0.25) is 0 Å². The van der Waals surface area contributed by atoms with Crippen molar-refractivity contribution in [2.45, 2.75) is 33.7 Å². The highest BCUT2D eigenvalue weighted by Crippen LogP contribution is 2.08. The highest BCUT2D eigenvalue weighted by molar-refractivity contribution is 5.99. The lowest BCUT2D eigenvalue weighted by Crippen LogP contribution is -2.41. The molecule has 0 aromatic heterocycles. The summed E-state index contributed by atoms with van der Waals surface area (Å²) in [7, 11) is 0. The van der Waals surface area contributed by atoms with Gasteiger partial charge in [-0.05, 0) is 54.9 Å². The zero-order valence-electron chi connectivity index (χ0n) is 15.7. The Morgan fingerprint density at radius 1 is 0.731 bits per heavy atom. The fourth-order valence-corrected chi connectivity index (χ4v) is 2.62. The van der Waals surface area contributed by atoms with E-state index >= 15 is 0 Å². The Hall–Kier alpha value is -2.66. The van der Waals surface area contributed by atoms with Crippen molar-refractivity contribution < 1.29 is 9.59 Å². The minimum Gasteiger partial charge on any atom is -0.300 e. The molecule has 5 nitrogen and oxygen atoms in total. The molecule has 2 N–H and O–H groups in total. The molecule has 26 heavy (non-hydrogen) atoms. The van der Waals surface area contributed by atoms with Crippen molar-refractivity contribution in [3.8, 4) is 0 Å². The van der Waals surface area contributed by atoms with Crippen LogP contribution in [0.2, 0.25) is 0 Å². The van der Waals surface area contributed by atoms with E-state index in [1.54, 1.807) is 24.3 Å². The maximum absolute atomic E-state index is 12.2. The highest BCUT2D eigenvalue weighted by atomic mass is 16.2. The van der Waals surface area contributed by atoms with Crippen molar-refractivity contribution in [2.75, 3.05) is 13.1 Å². The molecular weight excluding hydrogens is 326 g/mol. The Morgan fingerprint density at radius 3 is 1.54 bits per heavy atom. The van der Waals surface area contributed by atoms with Crippen LogP contribution in [0.4, 0.5) is 0 Å². The van der Waals surface area contributed by atoms with E-state index in [0.29, 0.717) is 11.1 Å². The van der Waals surface area contributed by atoms with Gasteiger partial charge in [0.05, 0.1) is 0 Å². The molecule has 0 aliphatic carbocycles. The van der Waals surface area contributed by atoms with Crippen LogP contribution in [0.25, 0.3) is 0 Å². The summed E-state index contributed by atoms with van der Waals surface area (Å²) in [6.45, 7) is 9.16. The number of carbonyl (C=O) groups excluding carboxylic acids is 2. The summed E-state index contributed by atoms with van der Waals surface area (Å²) in [5.74, 6) is -0.669. The van der Waals surface area contributed by atoms with Crippen LogP contribution in [0.1, 0.15) is 52.6 Å². The first-order valence-corrected chi connectivity index (χ1v) is 9.08. The van der Waals surface area contributed by atoms with Crippen LogP contribution in [0.5, 0.6) is 0 Å². The van der Waals surface area contributed by atoms with E-state index in [0.717, 1.165) is 37.2 Å². The number of nitrogens with one attached hydrogen (secondary N) is 2. The van der Waals surface area contributed by atoms with Gasteiger partial charge in [0.1, 0.15) is 0 Å². The van der Waals surface area contributed by atoms with Gasteiger partial charge in [-0.25, -0.2) is 0 Å². The molecule has 0 heterocycles. The lowest BCUT2D eigenvalue weighted by molar-refractivity contribution is 0.0846. The Morgan fingerprint density at radius 2 is 1.15 bits per heavy atom. The second-order valence-electron chi connectivity index (χ2n) is 6.12. The smallest absolute Gasteiger partial charge is 0.269 e. The number of rotatable bonds is 7. The van der Waals surface area contributed by atoms with Gasteiger partial charge in [-0.1, -0.05) is 45.0 Å². The molecule has 2 amide bonds. The molecule has 5 heteroatoms. The van der Waals surface area contributed by atoms with E-state index in [-0.39, 0.29) is 11.8 Å². The number of hydrazine groups is 1. The van der Waals surface area contributed by atoms with Crippen LogP contribution < -0.4 is 10.9 Å². The third-order valence-electron chi connectivity index (χ3n) is 4.43. The Balaban J connectivity index is 1.89. The highest BCUT2D eigenvalue weighted by Gasteiger charge is 2.09. The quantitative estimate of drug-likeness (QED) is 0.752. The summed E-state index contributed by atoms with van der Waals surface area (Å²) >= 11 is 0. The van der Waals surface area contributed by atoms with E-state index in [4.69, 9.17) is 0 Å². The summed E-state index contributed by atoms with van der Waals surface area (Å²) < 4.78 is 0. The number of hydrogen-bond donors (Lipinski definition) is 2. The van der Waals surface area contributed by atoms with E-state index < -0.39 is 0 Å². The van der Waals surface area contributed by atoms with Gasteiger partial charge < -0.3 is 0 Å². The van der Waals surface area contributed by atoms with E-state index in [2.05, 4.69) is 36.5 Å². The normalized spacial score (nSPS) is 10.6. The molecule has 0 saturated heterocycles. The van der Waals surface area contributed by atoms with Gasteiger partial charge in [-0.15, -0.1) is 0 Å². The molecule has 0 fully saturated rings. The van der Waals surface area contributed by atoms with Gasteiger partial charge in [-0.3, -0.25) is 25.3 Å². The third-order valence-corrected chi connectivity index (χ3v) is 4.43. The Kier molecular flexibility index (Phi) is 7.36. The predicted molar refractivity (Wildman–Crippen MR) is 104 cm³/mol. The van der Waals surface area contributed by atoms with Crippen LogP contribution in [0.3, 0.4) is 0 Å². The van der Waals surface area contributed by atoms with E-state index in [1.165, 1.54) is 0 Å². The second kappa shape index (κ2) is 9.73. The number of benzene rings is 2. The Labute approximate surface area is 155 Å². The first-order chi connectivity index (χ1) is 12.6. The second-order valence-corrected chi connectivity index (χ2v) is 6.12. The van der Waals surface area contributed by atoms with Crippen LogP contribution in [-0.4, -0.2) is 29.8 Å². The molecular formula is C21H27N3O2. The monoisotopic (exact) mass is 353 g/mol. The molecule has 0 unspecified atom stereocenters. The van der Waals surface area contributed by atoms with E-state index in [9.17, 15) is 9.59 Å². The van der Waals surface area contributed by atoms with Crippen LogP contribution in [-0.2, 0) is 13.0 Å². The maximum atomic E-state index is 12.2. The van der Waals surface area contributed by atoms with Crippen molar-refractivity contribution in [1.29, 1.82) is 0 Å². The van der Waals surface area contributed by atoms with Gasteiger partial charge >= 0.3 is 0 Å². The molecule has 0 bridgehead atoms. The van der Waals surface area contributed by atoms with Crippen molar-refractivity contribution in [1.82, 2.24) is 15.8 Å². The van der Waals surface area contributed by atoms with Crippen LogP contribution >= 0.6 is 0 Å². The van der Waals surface area contributed by atoms with Crippen molar-refractivity contribution >= 4 is 11.8 Å². The molecule has 0 atom stereocenters. The molecule has 138 valence electrons. The molecule has 0 spiro atoms. The lowest BCUT2D eigenvalue weighted by atomic mass is 10.1. The van der Waals surface area contributed by atoms with Crippen LogP contribution in [0.15, 0.2) is 48.5 Å². The zero-order valence-corrected chi connectivity index (χ0v) is 15.7. The average Bonchev–Trinajstić information content (AvgIpc) is 2.70. The molecule has 0 saturated carbocycles. The van der Waals surface area contributed by atoms with E-state index in [1.807, 2.05) is 24.3 Å². The molecule has 2 aromatic carbocycles. The van der Waals surface area contributed by atoms with Gasteiger partial charge in [0.25, 0.3) is 11.8 Å². The largest absolute Gasteiger partial charge is 0.300 e. The number of nitrogens with zero attached hydrogens (tertiary/aromatic N) is 1. The van der Waals surface area contributed by atoms with Gasteiger partial charge in [-0.2, -0.15) is 0 Å². The molecule has 0 radical (unpaired) electrons. The van der Waals surface area contributed by atoms with Crippen molar-refractivity contribution in [2.24, 2.45) is 0 Å². The maximum Gasteiger partial charge on any atom is 0.269 e. The summed E-state index contributed by atoms with van der Waals surface area (Å²) in [5, 5.41) is 0. The standard InChI is InChI=1S/C21H27N3O2/c1-4-16-7-11-18(12-8-16)20(25)22-23-21(26)19-13-9-17(10-14-19)15-24(5-2)6-3/h7-14H,4-6,15H2,1-3H3,(H,22,25)(H,23,26). The number of amides is 2. The van der Waals surface area contributed by atoms with Crippen molar-refractivity contribution in [3.05, 3.63) is 70.8 Å². The van der Waals surface area contributed by atoms with Gasteiger partial charge in [0, 0.05) is 17.7 Å². The summed E-state index contributed by atoms with van der Waals surface area (Å²) in [5.41, 5.74) is 8.25. The average molecular weight is 353 g/mol. The summed E-state index contributed by atoms with van der Waals surface area (Å²) in [6, 6.07) is 14.8. The number of aryl methyl sites for hydroxylation is 1. The van der Waals surface area contributed by atoms with Crippen LogP contribution in [0, 0.1) is 0 Å². The van der Waals surface area contributed by atoms with Crippen molar-refractivity contribution in [3.63, 3.8) is 0 Å². The summed E-state index contributed by atoms with van der Waals surface area (Å²) in [6.07, 6.45) is 0.920. The molecule has 0 aliphatic rings. The molecule has 0 aliphatic heterocycles. The van der Waals surface area contributed by atoms with Gasteiger partial charge in [0.15, 0.2) is 0 Å². The summed E-state index contributed by atoms with van der Waals surface area (Å²) in [4.78, 5) is 26.6. The first kappa shape index (κ1) is 19.7. The third kappa shape index (κ3) is 5.43.